The molecule has 0 saturated carbocycles. The first-order valence-corrected chi connectivity index (χ1v) is 9.01. The molecule has 4 aliphatic rings. The highest BCUT2D eigenvalue weighted by atomic mass is 16.2. The Bertz CT molecular complexity index is 778. The van der Waals surface area contributed by atoms with Crippen molar-refractivity contribution >= 4 is 5.91 Å². The van der Waals surface area contributed by atoms with E-state index in [0.717, 1.165) is 24.2 Å². The summed E-state index contributed by atoms with van der Waals surface area (Å²) in [5, 5.41) is 0. The normalized spacial score (nSPS) is 28.2. The first-order valence-electron chi connectivity index (χ1n) is 9.01. The van der Waals surface area contributed by atoms with Gasteiger partial charge in [-0.1, -0.05) is 42.5 Å². The maximum Gasteiger partial charge on any atom is 0.254 e. The predicted octanol–water partition coefficient (Wildman–Crippen LogP) is 3.40. The van der Waals surface area contributed by atoms with Crippen LogP contribution in [0.15, 0.2) is 48.5 Å². The van der Waals surface area contributed by atoms with E-state index in [2.05, 4.69) is 40.1 Å². The molecule has 1 atom stereocenters. The van der Waals surface area contributed by atoms with Gasteiger partial charge in [0.1, 0.15) is 0 Å². The number of hydrogen-bond donors (Lipinski definition) is 0. The van der Waals surface area contributed by atoms with E-state index >= 15 is 0 Å². The summed E-state index contributed by atoms with van der Waals surface area (Å²) in [6.45, 7) is 4.29. The summed E-state index contributed by atoms with van der Waals surface area (Å²) in [4.78, 5) is 17.7. The summed E-state index contributed by atoms with van der Waals surface area (Å²) in [6.07, 6.45) is 2.50. The largest absolute Gasteiger partial charge is 0.330 e. The zero-order valence-corrected chi connectivity index (χ0v) is 13.8. The molecule has 3 fully saturated rings. The highest BCUT2D eigenvalue weighted by molar-refractivity contribution is 5.99. The molecule has 2 aromatic carbocycles. The van der Waals surface area contributed by atoms with Crippen molar-refractivity contribution in [3.63, 3.8) is 0 Å². The van der Waals surface area contributed by atoms with Crippen molar-refractivity contribution in [2.75, 3.05) is 19.6 Å². The fraction of sp³-hybridized carbons (Fsp3) is 0.381. The zero-order chi connectivity index (χ0) is 16.1. The van der Waals surface area contributed by atoms with Crippen LogP contribution < -0.4 is 0 Å². The monoisotopic (exact) mass is 318 g/mol. The van der Waals surface area contributed by atoms with Gasteiger partial charge in [-0.2, -0.15) is 0 Å². The van der Waals surface area contributed by atoms with Gasteiger partial charge < -0.3 is 9.80 Å². The second-order valence-electron chi connectivity index (χ2n) is 7.38. The number of carbonyl (C=O) groups excluding carboxylic acids is 1. The molecule has 1 unspecified atom stereocenters. The summed E-state index contributed by atoms with van der Waals surface area (Å²) in [6, 6.07) is 17.1. The van der Waals surface area contributed by atoms with Crippen LogP contribution in [0.5, 0.6) is 0 Å². The van der Waals surface area contributed by atoms with Crippen molar-refractivity contribution in [1.82, 2.24) is 9.80 Å². The molecule has 0 aromatic heterocycles. The third kappa shape index (κ3) is 2.19. The fourth-order valence-corrected chi connectivity index (χ4v) is 4.69. The molecular formula is C21H22N2O. The van der Waals surface area contributed by atoms with Crippen LogP contribution in [0.2, 0.25) is 0 Å². The SMILES string of the molecule is O=C1c2cc(-c3ccccc3)ccc2CN1C1CN2CCC1CC2. The smallest absolute Gasteiger partial charge is 0.254 e. The van der Waals surface area contributed by atoms with E-state index in [0.29, 0.717) is 12.0 Å². The van der Waals surface area contributed by atoms with Crippen molar-refractivity contribution in [3.8, 4) is 11.1 Å². The molecule has 6 rings (SSSR count). The van der Waals surface area contributed by atoms with Crippen LogP contribution in [0, 0.1) is 5.92 Å². The van der Waals surface area contributed by atoms with Crippen LogP contribution in [0.25, 0.3) is 11.1 Å². The minimum atomic E-state index is 0.238. The molecule has 0 N–H and O–H groups in total. The fourth-order valence-electron chi connectivity index (χ4n) is 4.69. The lowest BCUT2D eigenvalue weighted by atomic mass is 9.83. The molecule has 0 aliphatic carbocycles. The van der Waals surface area contributed by atoms with Crippen LogP contribution in [0.4, 0.5) is 0 Å². The number of rotatable bonds is 2. The van der Waals surface area contributed by atoms with Crippen LogP contribution in [-0.2, 0) is 6.54 Å². The number of hydrogen-bond acceptors (Lipinski definition) is 2. The third-order valence-corrected chi connectivity index (χ3v) is 6.07. The molecule has 3 nitrogen and oxygen atoms in total. The molecule has 3 heteroatoms. The average Bonchev–Trinajstić information content (AvgIpc) is 2.99. The molecule has 2 bridgehead atoms. The Kier molecular flexibility index (Phi) is 3.23. The number of fused-ring (bicyclic) bond motifs is 4. The van der Waals surface area contributed by atoms with Gasteiger partial charge in [0.25, 0.3) is 5.91 Å². The summed E-state index contributed by atoms with van der Waals surface area (Å²) in [5.74, 6) is 0.934. The topological polar surface area (TPSA) is 23.6 Å². The van der Waals surface area contributed by atoms with Gasteiger partial charge in [0, 0.05) is 24.7 Å². The predicted molar refractivity (Wildman–Crippen MR) is 94.7 cm³/mol. The van der Waals surface area contributed by atoms with E-state index < -0.39 is 0 Å². The van der Waals surface area contributed by atoms with Crippen LogP contribution >= 0.6 is 0 Å². The van der Waals surface area contributed by atoms with Crippen LogP contribution in [0.3, 0.4) is 0 Å². The van der Waals surface area contributed by atoms with Crippen LogP contribution in [0.1, 0.15) is 28.8 Å². The van der Waals surface area contributed by atoms with E-state index in [4.69, 9.17) is 0 Å². The Morgan fingerprint density at radius 1 is 0.917 bits per heavy atom. The molecule has 122 valence electrons. The van der Waals surface area contributed by atoms with E-state index in [-0.39, 0.29) is 5.91 Å². The molecule has 24 heavy (non-hydrogen) atoms. The van der Waals surface area contributed by atoms with Crippen LogP contribution in [-0.4, -0.2) is 41.4 Å². The maximum absolute atomic E-state index is 13.1. The van der Waals surface area contributed by atoms with Gasteiger partial charge in [-0.05, 0) is 54.6 Å². The number of carbonyl (C=O) groups is 1. The van der Waals surface area contributed by atoms with Gasteiger partial charge in [0.15, 0.2) is 0 Å². The maximum atomic E-state index is 13.1. The highest BCUT2D eigenvalue weighted by Gasteiger charge is 2.42. The Hall–Kier alpha value is -2.13. The molecule has 0 radical (unpaired) electrons. The van der Waals surface area contributed by atoms with Crippen molar-refractivity contribution in [1.29, 1.82) is 0 Å². The van der Waals surface area contributed by atoms with E-state index in [1.165, 1.54) is 37.1 Å². The van der Waals surface area contributed by atoms with E-state index in [1.54, 1.807) is 0 Å². The number of amides is 1. The summed E-state index contributed by atoms with van der Waals surface area (Å²) in [7, 11) is 0. The number of benzene rings is 2. The molecule has 3 saturated heterocycles. The minimum absolute atomic E-state index is 0.238. The summed E-state index contributed by atoms with van der Waals surface area (Å²) >= 11 is 0. The Labute approximate surface area is 142 Å². The van der Waals surface area contributed by atoms with Crippen molar-refractivity contribution in [2.45, 2.75) is 25.4 Å². The minimum Gasteiger partial charge on any atom is -0.330 e. The summed E-state index contributed by atoms with van der Waals surface area (Å²) in [5.41, 5.74) is 4.41. The lowest BCUT2D eigenvalue weighted by Crippen LogP contribution is -2.57. The quantitative estimate of drug-likeness (QED) is 0.847. The standard InChI is InChI=1S/C21H22N2O/c24-21-19-12-17(15-4-2-1-3-5-15)6-7-18(19)13-23(21)20-14-22-10-8-16(20)9-11-22/h1-7,12,16,20H,8-11,13-14H2. The van der Waals surface area contributed by atoms with Gasteiger partial charge >= 0.3 is 0 Å². The first-order chi connectivity index (χ1) is 11.8. The molecule has 4 heterocycles. The number of nitrogens with zero attached hydrogens (tertiary/aromatic N) is 2. The molecule has 4 aliphatic heterocycles. The third-order valence-electron chi connectivity index (χ3n) is 6.07. The van der Waals surface area contributed by atoms with Gasteiger partial charge in [0.2, 0.25) is 0 Å². The van der Waals surface area contributed by atoms with Crippen molar-refractivity contribution < 1.29 is 4.79 Å². The Balaban J connectivity index is 1.45. The van der Waals surface area contributed by atoms with Crippen molar-refractivity contribution in [3.05, 3.63) is 59.7 Å². The second kappa shape index (κ2) is 5.45. The van der Waals surface area contributed by atoms with Gasteiger partial charge in [-0.25, -0.2) is 0 Å². The molecule has 1 amide bonds. The molecule has 2 aromatic rings. The first kappa shape index (κ1) is 14.2. The molecule has 0 spiro atoms. The van der Waals surface area contributed by atoms with E-state index in [9.17, 15) is 4.79 Å². The second-order valence-corrected chi connectivity index (χ2v) is 7.38. The van der Waals surface area contributed by atoms with Gasteiger partial charge in [0.05, 0.1) is 0 Å². The highest BCUT2D eigenvalue weighted by Crippen LogP contribution is 2.36. The van der Waals surface area contributed by atoms with Gasteiger partial charge in [-0.3, -0.25) is 4.79 Å². The van der Waals surface area contributed by atoms with E-state index in [1.807, 2.05) is 18.2 Å². The van der Waals surface area contributed by atoms with Crippen molar-refractivity contribution in [2.24, 2.45) is 5.92 Å². The Morgan fingerprint density at radius 3 is 2.42 bits per heavy atom. The lowest BCUT2D eigenvalue weighted by molar-refractivity contribution is 0.00846. The zero-order valence-electron chi connectivity index (χ0n) is 13.8. The lowest BCUT2D eigenvalue weighted by Gasteiger charge is -2.48. The Morgan fingerprint density at radius 2 is 1.71 bits per heavy atom. The average molecular weight is 318 g/mol. The summed E-state index contributed by atoms with van der Waals surface area (Å²) < 4.78 is 0. The molecular weight excluding hydrogens is 296 g/mol. The number of piperidine rings is 3. The van der Waals surface area contributed by atoms with Gasteiger partial charge in [-0.15, -0.1) is 0 Å².